The van der Waals surface area contributed by atoms with Crippen LogP contribution >= 0.6 is 0 Å². The molecular formula is C22H23NO4. The molecule has 4 rings (SSSR count). The molecule has 2 aliphatic rings. The minimum absolute atomic E-state index is 0.0428. The van der Waals surface area contributed by atoms with Crippen LogP contribution < -0.4 is 0 Å². The fourth-order valence-electron chi connectivity index (χ4n) is 4.31. The third kappa shape index (κ3) is 3.47. The molecule has 27 heavy (non-hydrogen) atoms. The number of carbonyl (C=O) groups is 2. The van der Waals surface area contributed by atoms with Crippen LogP contribution in [-0.4, -0.2) is 46.0 Å². The van der Waals surface area contributed by atoms with Crippen LogP contribution in [0.3, 0.4) is 0 Å². The highest BCUT2D eigenvalue weighted by molar-refractivity contribution is 6.09. The lowest BCUT2D eigenvalue weighted by Crippen LogP contribution is -2.54. The molecule has 1 spiro atoms. The lowest BCUT2D eigenvalue weighted by atomic mass is 9.63. The lowest BCUT2D eigenvalue weighted by Gasteiger charge is -2.50. The van der Waals surface area contributed by atoms with E-state index in [0.717, 1.165) is 19.3 Å². The van der Waals surface area contributed by atoms with Gasteiger partial charge in [-0.3, -0.25) is 9.59 Å². The highest BCUT2D eigenvalue weighted by Gasteiger charge is 2.44. The molecular weight excluding hydrogens is 342 g/mol. The van der Waals surface area contributed by atoms with Crippen LogP contribution in [0.25, 0.3) is 0 Å². The number of amides is 1. The highest BCUT2D eigenvalue weighted by atomic mass is 16.3. The molecule has 1 saturated heterocycles. The van der Waals surface area contributed by atoms with E-state index < -0.39 is 6.10 Å². The smallest absolute Gasteiger partial charge is 0.253 e. The summed E-state index contributed by atoms with van der Waals surface area (Å²) in [6.45, 7) is 1.07. The first-order valence-corrected chi connectivity index (χ1v) is 9.37. The number of rotatable bonds is 3. The standard InChI is InChI=1S/C22H23NO4/c24-18-4-1-3-17(11-18)20(26)15-5-7-16(8-6-15)21(27)23-13-19(25)12-22(14-23)9-2-10-22/h1,3-8,11,19,24-25H,2,9-10,12-14H2. The van der Waals surface area contributed by atoms with Gasteiger partial charge in [0.1, 0.15) is 5.75 Å². The number of carbonyl (C=O) groups excluding carboxylic acids is 2. The maximum Gasteiger partial charge on any atom is 0.253 e. The van der Waals surface area contributed by atoms with Crippen LogP contribution in [0.5, 0.6) is 5.75 Å². The van der Waals surface area contributed by atoms with Gasteiger partial charge in [-0.25, -0.2) is 0 Å². The number of aliphatic hydroxyl groups excluding tert-OH is 1. The number of phenolic OH excluding ortho intramolecular Hbond substituents is 1. The molecule has 1 amide bonds. The van der Waals surface area contributed by atoms with Crippen LogP contribution in [0.1, 0.15) is 52.0 Å². The Labute approximate surface area is 158 Å². The first-order valence-electron chi connectivity index (χ1n) is 9.37. The predicted octanol–water partition coefficient (Wildman–Crippen LogP) is 3.00. The summed E-state index contributed by atoms with van der Waals surface area (Å²) in [5.41, 5.74) is 1.48. The van der Waals surface area contributed by atoms with Gasteiger partial charge in [0.15, 0.2) is 5.78 Å². The summed E-state index contributed by atoms with van der Waals surface area (Å²) < 4.78 is 0. The first kappa shape index (κ1) is 17.7. The zero-order valence-corrected chi connectivity index (χ0v) is 15.1. The van der Waals surface area contributed by atoms with Gasteiger partial charge in [0.25, 0.3) is 5.91 Å². The molecule has 0 radical (unpaired) electrons. The molecule has 5 heteroatoms. The van der Waals surface area contributed by atoms with Crippen LogP contribution in [0.15, 0.2) is 48.5 Å². The number of benzene rings is 2. The Balaban J connectivity index is 1.50. The Morgan fingerprint density at radius 3 is 2.33 bits per heavy atom. The van der Waals surface area contributed by atoms with Gasteiger partial charge in [-0.2, -0.15) is 0 Å². The summed E-state index contributed by atoms with van der Waals surface area (Å²) in [6, 6.07) is 12.8. The maximum atomic E-state index is 12.9. The van der Waals surface area contributed by atoms with Crippen molar-refractivity contribution in [2.45, 2.75) is 31.8 Å². The number of β-amino-alcohol motifs (C(OH)–C–C–N with tert-alkyl or cyclic N) is 1. The zero-order valence-electron chi connectivity index (χ0n) is 15.1. The second-order valence-electron chi connectivity index (χ2n) is 7.85. The van der Waals surface area contributed by atoms with E-state index in [1.165, 1.54) is 18.6 Å². The van der Waals surface area contributed by atoms with Crippen LogP contribution in [0.4, 0.5) is 0 Å². The zero-order chi connectivity index (χ0) is 19.0. The average molecular weight is 365 g/mol. The number of nitrogens with zero attached hydrogens (tertiary/aromatic N) is 1. The Kier molecular flexibility index (Phi) is 4.48. The molecule has 2 N–H and O–H groups in total. The third-order valence-electron chi connectivity index (χ3n) is 5.83. The van der Waals surface area contributed by atoms with E-state index in [1.807, 2.05) is 0 Å². The second kappa shape index (κ2) is 6.82. The summed E-state index contributed by atoms with van der Waals surface area (Å²) in [5.74, 6) is -0.260. The van der Waals surface area contributed by atoms with Crippen LogP contribution in [0, 0.1) is 5.41 Å². The molecule has 1 saturated carbocycles. The SMILES string of the molecule is O=C(c1ccc(C(=O)N2CC(O)CC3(CCC3)C2)cc1)c1cccc(O)c1. The van der Waals surface area contributed by atoms with Crippen LogP contribution in [-0.2, 0) is 0 Å². The number of ketones is 1. The fraction of sp³-hybridized carbons (Fsp3) is 0.364. The molecule has 2 fully saturated rings. The van der Waals surface area contributed by atoms with Crippen molar-refractivity contribution in [1.82, 2.24) is 4.90 Å². The molecule has 1 unspecified atom stereocenters. The van der Waals surface area contributed by atoms with E-state index >= 15 is 0 Å². The Morgan fingerprint density at radius 1 is 1.00 bits per heavy atom. The van der Waals surface area contributed by atoms with E-state index in [0.29, 0.717) is 29.8 Å². The van der Waals surface area contributed by atoms with Crippen molar-refractivity contribution >= 4 is 11.7 Å². The van der Waals surface area contributed by atoms with E-state index in [2.05, 4.69) is 0 Å². The van der Waals surface area contributed by atoms with Gasteiger partial charge in [-0.15, -0.1) is 0 Å². The third-order valence-corrected chi connectivity index (χ3v) is 5.83. The van der Waals surface area contributed by atoms with E-state index in [-0.39, 0.29) is 22.9 Å². The van der Waals surface area contributed by atoms with Crippen molar-refractivity contribution < 1.29 is 19.8 Å². The number of hydrogen-bond acceptors (Lipinski definition) is 4. The van der Waals surface area contributed by atoms with Crippen molar-refractivity contribution in [2.75, 3.05) is 13.1 Å². The van der Waals surface area contributed by atoms with Crippen molar-refractivity contribution in [3.05, 3.63) is 65.2 Å². The quantitative estimate of drug-likeness (QED) is 0.820. The topological polar surface area (TPSA) is 77.8 Å². The minimum atomic E-state index is -0.463. The Morgan fingerprint density at radius 2 is 1.70 bits per heavy atom. The van der Waals surface area contributed by atoms with Gasteiger partial charge in [0, 0.05) is 29.8 Å². The Bertz CT molecular complexity index is 870. The number of likely N-dealkylation sites (tertiary alicyclic amines) is 1. The highest BCUT2D eigenvalue weighted by Crippen LogP contribution is 2.47. The molecule has 1 aliphatic carbocycles. The number of phenols is 1. The van der Waals surface area contributed by atoms with Crippen molar-refractivity contribution in [3.8, 4) is 5.75 Å². The summed E-state index contributed by atoms with van der Waals surface area (Å²) in [5, 5.41) is 19.7. The molecule has 0 aromatic heterocycles. The van der Waals surface area contributed by atoms with Gasteiger partial charge in [0.2, 0.25) is 0 Å². The lowest BCUT2D eigenvalue weighted by molar-refractivity contribution is -0.0404. The fourth-order valence-corrected chi connectivity index (χ4v) is 4.31. The largest absolute Gasteiger partial charge is 0.508 e. The molecule has 1 atom stereocenters. The number of aliphatic hydroxyl groups is 1. The normalized spacial score (nSPS) is 20.9. The second-order valence-corrected chi connectivity index (χ2v) is 7.85. The first-order chi connectivity index (χ1) is 13.0. The Hall–Kier alpha value is -2.66. The number of aromatic hydroxyl groups is 1. The number of hydrogen-bond donors (Lipinski definition) is 2. The molecule has 2 aromatic carbocycles. The van der Waals surface area contributed by atoms with Crippen molar-refractivity contribution in [1.29, 1.82) is 0 Å². The van der Waals surface area contributed by atoms with E-state index in [9.17, 15) is 19.8 Å². The minimum Gasteiger partial charge on any atom is -0.508 e. The van der Waals surface area contributed by atoms with Gasteiger partial charge < -0.3 is 15.1 Å². The average Bonchev–Trinajstić information content (AvgIpc) is 2.65. The van der Waals surface area contributed by atoms with Gasteiger partial charge in [0.05, 0.1) is 6.10 Å². The predicted molar refractivity (Wildman–Crippen MR) is 101 cm³/mol. The van der Waals surface area contributed by atoms with Crippen LogP contribution in [0.2, 0.25) is 0 Å². The van der Waals surface area contributed by atoms with Gasteiger partial charge in [-0.1, -0.05) is 30.7 Å². The van der Waals surface area contributed by atoms with Crippen molar-refractivity contribution in [2.24, 2.45) is 5.41 Å². The molecule has 1 aliphatic heterocycles. The van der Waals surface area contributed by atoms with Crippen molar-refractivity contribution in [3.63, 3.8) is 0 Å². The summed E-state index contributed by atoms with van der Waals surface area (Å²) in [6.07, 6.45) is 3.64. The summed E-state index contributed by atoms with van der Waals surface area (Å²) in [4.78, 5) is 27.1. The van der Waals surface area contributed by atoms with E-state index in [4.69, 9.17) is 0 Å². The summed E-state index contributed by atoms with van der Waals surface area (Å²) >= 11 is 0. The maximum absolute atomic E-state index is 12.9. The summed E-state index contributed by atoms with van der Waals surface area (Å²) in [7, 11) is 0. The molecule has 1 heterocycles. The molecule has 140 valence electrons. The van der Waals surface area contributed by atoms with E-state index in [1.54, 1.807) is 41.3 Å². The van der Waals surface area contributed by atoms with Gasteiger partial charge in [-0.05, 0) is 48.9 Å². The molecule has 2 aromatic rings. The van der Waals surface area contributed by atoms with Gasteiger partial charge >= 0.3 is 0 Å². The monoisotopic (exact) mass is 365 g/mol. The molecule has 5 nitrogen and oxygen atoms in total. The number of piperidine rings is 1. The molecule has 0 bridgehead atoms.